The number of hydrogen-bond acceptors (Lipinski definition) is 3. The Balaban J connectivity index is 3.14. The van der Waals surface area contributed by atoms with Crippen molar-refractivity contribution in [3.8, 4) is 11.8 Å². The van der Waals surface area contributed by atoms with Crippen LogP contribution >= 0.6 is 0 Å². The normalized spacial score (nSPS) is 10.2. The number of carbonyl (C=O) groups excluding carboxylic acids is 1. The first kappa shape index (κ1) is 17.1. The average molecular weight is 296 g/mol. The highest BCUT2D eigenvalue weighted by molar-refractivity contribution is 5.96. The summed E-state index contributed by atoms with van der Waals surface area (Å²) in [5.74, 6) is 4.84. The number of aliphatic hydroxyl groups excluding tert-OH is 1. The largest absolute Gasteiger partial charge is 0.395 e. The van der Waals surface area contributed by atoms with Gasteiger partial charge in [0.25, 0.3) is 12.3 Å². The topological polar surface area (TPSA) is 66.6 Å². The Bertz CT molecular complexity index is 550. The molecule has 0 spiro atoms. The monoisotopic (exact) mass is 296 g/mol. The van der Waals surface area contributed by atoms with Gasteiger partial charge in [0, 0.05) is 12.1 Å². The molecule has 4 nitrogen and oxygen atoms in total. The van der Waals surface area contributed by atoms with Gasteiger partial charge in [0.15, 0.2) is 0 Å². The third kappa shape index (κ3) is 5.14. The van der Waals surface area contributed by atoms with Crippen LogP contribution in [-0.2, 0) is 0 Å². The van der Waals surface area contributed by atoms with Crippen LogP contribution in [0.25, 0.3) is 0 Å². The predicted octanol–water partition coefficient (Wildman–Crippen LogP) is 1.00. The number of benzene rings is 1. The van der Waals surface area contributed by atoms with E-state index in [-0.39, 0.29) is 25.3 Å². The molecule has 1 rings (SSSR count). The molecular weight excluding hydrogens is 278 g/mol. The summed E-state index contributed by atoms with van der Waals surface area (Å²) < 4.78 is 25.1. The molecule has 1 aromatic rings. The van der Waals surface area contributed by atoms with Gasteiger partial charge >= 0.3 is 0 Å². The number of amides is 1. The Hall–Kier alpha value is -1.97. The van der Waals surface area contributed by atoms with E-state index in [1.807, 2.05) is 6.92 Å². The van der Waals surface area contributed by atoms with Crippen LogP contribution < -0.4 is 5.73 Å². The molecule has 0 aliphatic rings. The molecule has 0 fully saturated rings. The number of rotatable bonds is 5. The highest BCUT2D eigenvalue weighted by Crippen LogP contribution is 2.14. The molecule has 0 saturated heterocycles. The van der Waals surface area contributed by atoms with Gasteiger partial charge in [-0.2, -0.15) is 0 Å². The maximum absolute atomic E-state index is 12.5. The summed E-state index contributed by atoms with van der Waals surface area (Å²) in [5.41, 5.74) is 6.89. The van der Waals surface area contributed by atoms with E-state index in [0.717, 1.165) is 10.5 Å². The minimum absolute atomic E-state index is 0.138. The van der Waals surface area contributed by atoms with E-state index < -0.39 is 18.9 Å². The van der Waals surface area contributed by atoms with Crippen LogP contribution in [0.1, 0.15) is 21.5 Å². The molecule has 3 N–H and O–H groups in total. The quantitative estimate of drug-likeness (QED) is 0.797. The van der Waals surface area contributed by atoms with Gasteiger partial charge in [0.2, 0.25) is 0 Å². The molecule has 21 heavy (non-hydrogen) atoms. The van der Waals surface area contributed by atoms with E-state index in [1.54, 1.807) is 18.2 Å². The maximum Gasteiger partial charge on any atom is 0.255 e. The second kappa shape index (κ2) is 8.35. The number of aliphatic hydroxyl groups is 1. The fourth-order valence-corrected chi connectivity index (χ4v) is 1.83. The second-order valence-corrected chi connectivity index (χ2v) is 4.42. The summed E-state index contributed by atoms with van der Waals surface area (Å²) in [7, 11) is 0. The van der Waals surface area contributed by atoms with Gasteiger partial charge in [-0.3, -0.25) is 4.79 Å². The van der Waals surface area contributed by atoms with Crippen molar-refractivity contribution < 1.29 is 18.7 Å². The third-order valence-electron chi connectivity index (χ3n) is 2.75. The van der Waals surface area contributed by atoms with Crippen molar-refractivity contribution in [3.63, 3.8) is 0 Å². The van der Waals surface area contributed by atoms with E-state index in [0.29, 0.717) is 5.56 Å². The van der Waals surface area contributed by atoms with Gasteiger partial charge in [0.05, 0.1) is 25.3 Å². The Labute approximate surface area is 122 Å². The van der Waals surface area contributed by atoms with Crippen LogP contribution in [0.4, 0.5) is 8.78 Å². The van der Waals surface area contributed by atoms with E-state index in [2.05, 4.69) is 11.8 Å². The lowest BCUT2D eigenvalue weighted by molar-refractivity contribution is 0.0509. The number of nitrogens with zero attached hydrogens (tertiary/aromatic N) is 1. The standard InChI is InChI=1S/C15H18F2N2O2/c1-11-4-5-13(12(9-11)3-2-6-18)15(21)19(7-8-20)10-14(16)17/h4-5,9,14,20H,6-8,10,18H2,1H3. The van der Waals surface area contributed by atoms with Crippen molar-refractivity contribution in [2.45, 2.75) is 13.3 Å². The number of hydrogen-bond donors (Lipinski definition) is 2. The second-order valence-electron chi connectivity index (χ2n) is 4.42. The maximum atomic E-state index is 12.5. The molecule has 114 valence electrons. The van der Waals surface area contributed by atoms with Gasteiger partial charge in [-0.05, 0) is 24.6 Å². The minimum Gasteiger partial charge on any atom is -0.395 e. The highest BCUT2D eigenvalue weighted by atomic mass is 19.3. The Morgan fingerprint density at radius 2 is 2.19 bits per heavy atom. The lowest BCUT2D eigenvalue weighted by Crippen LogP contribution is -2.37. The van der Waals surface area contributed by atoms with E-state index >= 15 is 0 Å². The summed E-state index contributed by atoms with van der Waals surface area (Å²) in [6.07, 6.45) is -2.66. The smallest absolute Gasteiger partial charge is 0.255 e. The summed E-state index contributed by atoms with van der Waals surface area (Å²) in [6.45, 7) is 0.720. The summed E-state index contributed by atoms with van der Waals surface area (Å²) in [4.78, 5) is 13.3. The van der Waals surface area contributed by atoms with Crippen molar-refractivity contribution in [2.75, 3.05) is 26.2 Å². The number of nitrogens with two attached hydrogens (primary N) is 1. The molecule has 0 aromatic heterocycles. The van der Waals surface area contributed by atoms with Crippen molar-refractivity contribution in [2.24, 2.45) is 5.73 Å². The molecule has 0 bridgehead atoms. The number of carbonyl (C=O) groups is 1. The van der Waals surface area contributed by atoms with Gasteiger partial charge < -0.3 is 15.7 Å². The molecule has 0 unspecified atom stereocenters. The zero-order chi connectivity index (χ0) is 15.8. The van der Waals surface area contributed by atoms with E-state index in [9.17, 15) is 13.6 Å². The summed E-state index contributed by atoms with van der Waals surface area (Å²) >= 11 is 0. The molecular formula is C15H18F2N2O2. The third-order valence-corrected chi connectivity index (χ3v) is 2.75. The van der Waals surface area contributed by atoms with E-state index in [4.69, 9.17) is 10.8 Å². The molecule has 0 heterocycles. The van der Waals surface area contributed by atoms with Gasteiger partial charge in [-0.25, -0.2) is 8.78 Å². The number of halogens is 2. The predicted molar refractivity (Wildman–Crippen MR) is 76.1 cm³/mol. The zero-order valence-corrected chi connectivity index (χ0v) is 11.8. The zero-order valence-electron chi connectivity index (χ0n) is 11.8. The fourth-order valence-electron chi connectivity index (χ4n) is 1.83. The van der Waals surface area contributed by atoms with Crippen molar-refractivity contribution >= 4 is 5.91 Å². The van der Waals surface area contributed by atoms with Crippen LogP contribution in [0.3, 0.4) is 0 Å². The van der Waals surface area contributed by atoms with E-state index in [1.165, 1.54) is 0 Å². The first-order valence-corrected chi connectivity index (χ1v) is 6.47. The molecule has 0 radical (unpaired) electrons. The lowest BCUT2D eigenvalue weighted by atomic mass is 10.0. The van der Waals surface area contributed by atoms with Crippen LogP contribution in [-0.4, -0.2) is 48.6 Å². The van der Waals surface area contributed by atoms with Gasteiger partial charge in [0.1, 0.15) is 0 Å². The fraction of sp³-hybridized carbons (Fsp3) is 0.400. The van der Waals surface area contributed by atoms with Crippen LogP contribution in [0.5, 0.6) is 0 Å². The number of aryl methyl sites for hydroxylation is 1. The lowest BCUT2D eigenvalue weighted by Gasteiger charge is -2.22. The molecule has 0 atom stereocenters. The van der Waals surface area contributed by atoms with Crippen LogP contribution in [0, 0.1) is 18.8 Å². The summed E-state index contributed by atoms with van der Waals surface area (Å²) in [5, 5.41) is 8.92. The molecule has 0 aliphatic heterocycles. The average Bonchev–Trinajstić information content (AvgIpc) is 2.43. The minimum atomic E-state index is -2.66. The SMILES string of the molecule is Cc1ccc(C(=O)N(CCO)CC(F)F)c(C#CCN)c1. The van der Waals surface area contributed by atoms with Crippen molar-refractivity contribution in [1.29, 1.82) is 0 Å². The first-order chi connectivity index (χ1) is 9.99. The Kier molecular flexibility index (Phi) is 6.79. The molecule has 1 amide bonds. The molecule has 1 aromatic carbocycles. The van der Waals surface area contributed by atoms with Crippen LogP contribution in [0.15, 0.2) is 18.2 Å². The van der Waals surface area contributed by atoms with Crippen molar-refractivity contribution in [3.05, 3.63) is 34.9 Å². The highest BCUT2D eigenvalue weighted by Gasteiger charge is 2.21. The molecule has 0 aliphatic carbocycles. The van der Waals surface area contributed by atoms with Gasteiger partial charge in [-0.1, -0.05) is 17.9 Å². The molecule has 6 heteroatoms. The Morgan fingerprint density at radius 3 is 2.76 bits per heavy atom. The van der Waals surface area contributed by atoms with Crippen molar-refractivity contribution in [1.82, 2.24) is 4.90 Å². The number of alkyl halides is 2. The van der Waals surface area contributed by atoms with Gasteiger partial charge in [-0.15, -0.1) is 0 Å². The van der Waals surface area contributed by atoms with Crippen LogP contribution in [0.2, 0.25) is 0 Å². The molecule has 0 saturated carbocycles. The first-order valence-electron chi connectivity index (χ1n) is 6.47. The Morgan fingerprint density at radius 1 is 1.48 bits per heavy atom. The summed E-state index contributed by atoms with van der Waals surface area (Å²) in [6, 6.07) is 4.96.